The van der Waals surface area contributed by atoms with Gasteiger partial charge in [-0.05, 0) is 39.2 Å². The maximum atomic E-state index is 13.4. The number of carbonyl (C=O) groups is 3. The van der Waals surface area contributed by atoms with Crippen molar-refractivity contribution in [3.8, 4) is 0 Å². The molecular weight excluding hydrogens is 410 g/mol. The van der Waals surface area contributed by atoms with E-state index in [1.54, 1.807) is 32.9 Å². The third-order valence-corrected chi connectivity index (χ3v) is 4.67. The molecule has 0 aromatic heterocycles. The van der Waals surface area contributed by atoms with Crippen molar-refractivity contribution in [3.05, 3.63) is 35.9 Å². The van der Waals surface area contributed by atoms with E-state index in [4.69, 9.17) is 4.74 Å². The largest absolute Gasteiger partial charge is 0.444 e. The first-order valence-electron chi connectivity index (χ1n) is 11.4. The molecule has 0 radical (unpaired) electrons. The highest BCUT2D eigenvalue weighted by molar-refractivity contribution is 5.92. The van der Waals surface area contributed by atoms with Crippen LogP contribution in [-0.2, 0) is 14.3 Å². The molecule has 0 saturated heterocycles. The molecule has 1 aromatic rings. The van der Waals surface area contributed by atoms with Gasteiger partial charge in [-0.3, -0.25) is 9.59 Å². The molecular formula is C24H39N3O5. The van der Waals surface area contributed by atoms with Crippen molar-refractivity contribution in [2.75, 3.05) is 19.7 Å². The van der Waals surface area contributed by atoms with Gasteiger partial charge in [-0.15, -0.1) is 0 Å². The molecule has 8 heteroatoms. The zero-order valence-electron chi connectivity index (χ0n) is 20.0. The van der Waals surface area contributed by atoms with Crippen LogP contribution < -0.4 is 10.6 Å². The van der Waals surface area contributed by atoms with Crippen LogP contribution in [0, 0.1) is 0 Å². The smallest absolute Gasteiger partial charge is 0.408 e. The molecule has 1 aromatic carbocycles. The summed E-state index contributed by atoms with van der Waals surface area (Å²) in [6.07, 6.45) is 2.68. The van der Waals surface area contributed by atoms with Gasteiger partial charge in [-0.25, -0.2) is 4.79 Å². The lowest BCUT2D eigenvalue weighted by Gasteiger charge is -2.34. The van der Waals surface area contributed by atoms with Gasteiger partial charge in [-0.1, -0.05) is 57.0 Å². The number of hydrogen-bond acceptors (Lipinski definition) is 5. The molecule has 180 valence electrons. The van der Waals surface area contributed by atoms with Gasteiger partial charge in [0.15, 0.2) is 0 Å². The van der Waals surface area contributed by atoms with Crippen LogP contribution in [0.15, 0.2) is 30.3 Å². The van der Waals surface area contributed by atoms with Crippen LogP contribution in [0.2, 0.25) is 0 Å². The van der Waals surface area contributed by atoms with E-state index in [0.717, 1.165) is 19.3 Å². The standard InChI is InChI=1S/C24H39N3O5/c1-6-8-12-15-25-21(29)20(18-13-10-9-11-14-18)27(16-7-2)22(30)19(17-28)26-23(31)32-24(3,4)5/h9-11,13-14,19-20,28H,6-8,12,15-17H2,1-5H3,(H,25,29)(H,26,31). The molecule has 2 unspecified atom stereocenters. The maximum Gasteiger partial charge on any atom is 0.408 e. The van der Waals surface area contributed by atoms with E-state index in [0.29, 0.717) is 18.5 Å². The molecule has 2 atom stereocenters. The number of ether oxygens (including phenoxy) is 1. The van der Waals surface area contributed by atoms with Gasteiger partial charge < -0.3 is 25.4 Å². The minimum Gasteiger partial charge on any atom is -0.444 e. The molecule has 32 heavy (non-hydrogen) atoms. The van der Waals surface area contributed by atoms with Crippen molar-refractivity contribution in [3.63, 3.8) is 0 Å². The average molecular weight is 450 g/mol. The Kier molecular flexibility index (Phi) is 11.8. The first-order chi connectivity index (χ1) is 15.1. The third-order valence-electron chi connectivity index (χ3n) is 4.67. The summed E-state index contributed by atoms with van der Waals surface area (Å²) in [5.41, 5.74) is -0.0856. The second-order valence-corrected chi connectivity index (χ2v) is 8.72. The molecule has 0 saturated carbocycles. The van der Waals surface area contributed by atoms with Crippen molar-refractivity contribution in [1.82, 2.24) is 15.5 Å². The van der Waals surface area contributed by atoms with E-state index in [2.05, 4.69) is 17.6 Å². The van der Waals surface area contributed by atoms with Crippen LogP contribution in [0.1, 0.15) is 71.9 Å². The average Bonchev–Trinajstić information content (AvgIpc) is 2.73. The van der Waals surface area contributed by atoms with Crippen molar-refractivity contribution >= 4 is 17.9 Å². The minimum atomic E-state index is -1.23. The Morgan fingerprint density at radius 3 is 2.25 bits per heavy atom. The fourth-order valence-electron chi connectivity index (χ4n) is 3.23. The van der Waals surface area contributed by atoms with Crippen molar-refractivity contribution in [2.24, 2.45) is 0 Å². The Labute approximate surface area is 191 Å². The normalized spacial score (nSPS) is 13.1. The molecule has 3 amide bonds. The number of amides is 3. The lowest BCUT2D eigenvalue weighted by Crippen LogP contribution is -2.54. The predicted octanol–water partition coefficient (Wildman–Crippen LogP) is 3.16. The van der Waals surface area contributed by atoms with Gasteiger partial charge >= 0.3 is 6.09 Å². The second-order valence-electron chi connectivity index (χ2n) is 8.72. The van der Waals surface area contributed by atoms with E-state index in [9.17, 15) is 19.5 Å². The van der Waals surface area contributed by atoms with Crippen LogP contribution in [0.25, 0.3) is 0 Å². The number of aliphatic hydroxyl groups excluding tert-OH is 1. The summed E-state index contributed by atoms with van der Waals surface area (Å²) >= 11 is 0. The van der Waals surface area contributed by atoms with E-state index in [1.165, 1.54) is 4.90 Å². The van der Waals surface area contributed by atoms with E-state index < -0.39 is 36.3 Å². The Bertz CT molecular complexity index is 718. The fraction of sp³-hybridized carbons (Fsp3) is 0.625. The summed E-state index contributed by atoms with van der Waals surface area (Å²) in [6.45, 7) is 9.30. The predicted molar refractivity (Wildman–Crippen MR) is 124 cm³/mol. The van der Waals surface area contributed by atoms with Gasteiger partial charge in [-0.2, -0.15) is 0 Å². The van der Waals surface area contributed by atoms with Gasteiger partial charge in [0.25, 0.3) is 0 Å². The summed E-state index contributed by atoms with van der Waals surface area (Å²) in [6, 6.07) is 6.94. The summed E-state index contributed by atoms with van der Waals surface area (Å²) < 4.78 is 5.22. The zero-order chi connectivity index (χ0) is 24.1. The second kappa shape index (κ2) is 13.7. The van der Waals surface area contributed by atoms with Gasteiger partial charge in [0, 0.05) is 13.1 Å². The van der Waals surface area contributed by atoms with E-state index in [1.807, 2.05) is 25.1 Å². The first-order valence-corrected chi connectivity index (χ1v) is 11.4. The number of aliphatic hydroxyl groups is 1. The van der Waals surface area contributed by atoms with Crippen molar-refractivity contribution < 1.29 is 24.2 Å². The SMILES string of the molecule is CCCCCNC(=O)C(c1ccccc1)N(CCC)C(=O)C(CO)NC(=O)OC(C)(C)C. The van der Waals surface area contributed by atoms with E-state index >= 15 is 0 Å². The lowest BCUT2D eigenvalue weighted by atomic mass is 10.0. The molecule has 0 aliphatic heterocycles. The van der Waals surface area contributed by atoms with Crippen LogP contribution >= 0.6 is 0 Å². The molecule has 1 rings (SSSR count). The Balaban J connectivity index is 3.15. The van der Waals surface area contributed by atoms with Gasteiger partial charge in [0.1, 0.15) is 17.7 Å². The van der Waals surface area contributed by atoms with Crippen LogP contribution in [0.4, 0.5) is 4.79 Å². The monoisotopic (exact) mass is 449 g/mol. The van der Waals surface area contributed by atoms with Crippen LogP contribution in [0.3, 0.4) is 0 Å². The molecule has 0 aliphatic rings. The van der Waals surface area contributed by atoms with Crippen LogP contribution in [0.5, 0.6) is 0 Å². The number of nitrogens with one attached hydrogen (secondary N) is 2. The summed E-state index contributed by atoms with van der Waals surface area (Å²) in [5.74, 6) is -0.833. The summed E-state index contributed by atoms with van der Waals surface area (Å²) in [5, 5.41) is 15.2. The molecule has 3 N–H and O–H groups in total. The number of alkyl carbamates (subject to hydrolysis) is 1. The number of rotatable bonds is 12. The Morgan fingerprint density at radius 1 is 1.06 bits per heavy atom. The Hall–Kier alpha value is -2.61. The first kappa shape index (κ1) is 27.4. The molecule has 0 spiro atoms. The van der Waals surface area contributed by atoms with Gasteiger partial charge in [0.2, 0.25) is 11.8 Å². The highest BCUT2D eigenvalue weighted by atomic mass is 16.6. The molecule has 8 nitrogen and oxygen atoms in total. The van der Waals surface area contributed by atoms with Crippen molar-refractivity contribution in [1.29, 1.82) is 0 Å². The van der Waals surface area contributed by atoms with E-state index in [-0.39, 0.29) is 12.5 Å². The minimum absolute atomic E-state index is 0.285. The zero-order valence-corrected chi connectivity index (χ0v) is 20.0. The highest BCUT2D eigenvalue weighted by Gasteiger charge is 2.35. The molecule has 0 heterocycles. The fourth-order valence-corrected chi connectivity index (χ4v) is 3.23. The number of unbranched alkanes of at least 4 members (excludes halogenated alkanes) is 2. The quantitative estimate of drug-likeness (QED) is 0.425. The highest BCUT2D eigenvalue weighted by Crippen LogP contribution is 2.23. The molecule has 0 bridgehead atoms. The number of benzene rings is 1. The third kappa shape index (κ3) is 9.26. The molecule has 0 aliphatic carbocycles. The van der Waals surface area contributed by atoms with Crippen LogP contribution in [-0.4, -0.2) is 59.3 Å². The summed E-state index contributed by atoms with van der Waals surface area (Å²) in [4.78, 5) is 40.2. The topological polar surface area (TPSA) is 108 Å². The molecule has 0 fully saturated rings. The number of nitrogens with zero attached hydrogens (tertiary/aromatic N) is 1. The lowest BCUT2D eigenvalue weighted by molar-refractivity contribution is -0.143. The number of hydrogen-bond donors (Lipinski definition) is 3. The maximum absolute atomic E-state index is 13.4. The Morgan fingerprint density at radius 2 is 1.72 bits per heavy atom. The van der Waals surface area contributed by atoms with Gasteiger partial charge in [0.05, 0.1) is 6.61 Å². The summed E-state index contributed by atoms with van der Waals surface area (Å²) in [7, 11) is 0. The number of carbonyl (C=O) groups excluding carboxylic acids is 3. The van der Waals surface area contributed by atoms with Crippen molar-refractivity contribution in [2.45, 2.75) is 78.0 Å².